The molecular formula is C23H25ClN6O2S. The van der Waals surface area contributed by atoms with Crippen LogP contribution in [0, 0.1) is 6.92 Å². The molecule has 0 saturated heterocycles. The summed E-state index contributed by atoms with van der Waals surface area (Å²) in [6.45, 7) is 1.80. The first-order valence-electron chi connectivity index (χ1n) is 10.8. The summed E-state index contributed by atoms with van der Waals surface area (Å²) in [6, 6.07) is 9.22. The van der Waals surface area contributed by atoms with Gasteiger partial charge in [-0.25, -0.2) is 9.67 Å². The molecule has 1 aliphatic carbocycles. The van der Waals surface area contributed by atoms with E-state index in [1.165, 1.54) is 16.4 Å². The van der Waals surface area contributed by atoms with E-state index in [4.69, 9.17) is 11.6 Å². The highest BCUT2D eigenvalue weighted by Gasteiger charge is 2.20. The highest BCUT2D eigenvalue weighted by molar-refractivity contribution is 7.99. The van der Waals surface area contributed by atoms with Gasteiger partial charge in [-0.15, -0.1) is 5.10 Å². The van der Waals surface area contributed by atoms with Gasteiger partial charge < -0.3 is 10.6 Å². The van der Waals surface area contributed by atoms with Crippen molar-refractivity contribution in [1.82, 2.24) is 25.1 Å². The van der Waals surface area contributed by atoms with Gasteiger partial charge in [-0.05, 0) is 49.6 Å². The fraction of sp³-hybridized carbons (Fsp3) is 0.348. The third kappa shape index (κ3) is 6.11. The van der Waals surface area contributed by atoms with Crippen molar-refractivity contribution in [1.29, 1.82) is 0 Å². The van der Waals surface area contributed by atoms with Crippen LogP contribution in [0.4, 0.5) is 5.69 Å². The molecule has 8 nitrogen and oxygen atoms in total. The average Bonchev–Trinajstić information content (AvgIpc) is 3.46. The zero-order valence-corrected chi connectivity index (χ0v) is 19.8. The molecule has 1 aliphatic rings. The van der Waals surface area contributed by atoms with Crippen molar-refractivity contribution in [2.45, 2.75) is 50.4 Å². The molecule has 0 unspecified atom stereocenters. The third-order valence-electron chi connectivity index (χ3n) is 5.46. The Morgan fingerprint density at radius 3 is 2.67 bits per heavy atom. The van der Waals surface area contributed by atoms with Gasteiger partial charge in [-0.3, -0.25) is 14.6 Å². The van der Waals surface area contributed by atoms with Crippen LogP contribution < -0.4 is 10.6 Å². The number of thioether (sulfide) groups is 1. The highest BCUT2D eigenvalue weighted by Crippen LogP contribution is 2.24. The predicted molar refractivity (Wildman–Crippen MR) is 129 cm³/mol. The molecule has 3 aromatic rings. The van der Waals surface area contributed by atoms with Gasteiger partial charge in [0.15, 0.2) is 11.0 Å². The molecule has 33 heavy (non-hydrogen) atoms. The van der Waals surface area contributed by atoms with Crippen LogP contribution in [0.3, 0.4) is 0 Å². The van der Waals surface area contributed by atoms with Crippen molar-refractivity contribution in [3.8, 4) is 11.4 Å². The Morgan fingerprint density at radius 1 is 1.15 bits per heavy atom. The number of anilines is 1. The second kappa shape index (κ2) is 10.8. The Hall–Kier alpha value is -2.91. The molecule has 2 aromatic heterocycles. The van der Waals surface area contributed by atoms with Crippen LogP contribution in [-0.4, -0.2) is 43.4 Å². The largest absolute Gasteiger partial charge is 0.353 e. The quantitative estimate of drug-likeness (QED) is 0.467. The van der Waals surface area contributed by atoms with E-state index in [2.05, 4.69) is 25.7 Å². The Bertz CT molecular complexity index is 1130. The van der Waals surface area contributed by atoms with E-state index in [0.717, 1.165) is 36.8 Å². The Labute approximate surface area is 201 Å². The zero-order valence-electron chi connectivity index (χ0n) is 18.3. The second-order valence-corrected chi connectivity index (χ2v) is 9.26. The fourth-order valence-electron chi connectivity index (χ4n) is 3.70. The SMILES string of the molecule is Cc1c(Cl)cccc1NC(=O)Cn1nc(-c2ccncc2)nc1SCC(=O)NC1CCCC1. The van der Waals surface area contributed by atoms with Crippen molar-refractivity contribution in [3.63, 3.8) is 0 Å². The van der Waals surface area contributed by atoms with Gasteiger partial charge in [-0.1, -0.05) is 42.3 Å². The number of rotatable bonds is 8. The van der Waals surface area contributed by atoms with Gasteiger partial charge in [-0.2, -0.15) is 0 Å². The molecule has 0 spiro atoms. The number of amides is 2. The van der Waals surface area contributed by atoms with Crippen LogP contribution >= 0.6 is 23.4 Å². The van der Waals surface area contributed by atoms with E-state index in [-0.39, 0.29) is 30.2 Å². The van der Waals surface area contributed by atoms with Crippen molar-refractivity contribution < 1.29 is 9.59 Å². The topological polar surface area (TPSA) is 102 Å². The van der Waals surface area contributed by atoms with Crippen LogP contribution in [0.5, 0.6) is 0 Å². The molecule has 10 heteroatoms. The maximum atomic E-state index is 12.8. The zero-order chi connectivity index (χ0) is 23.2. The molecule has 2 amide bonds. The molecule has 0 atom stereocenters. The molecule has 2 heterocycles. The molecule has 1 saturated carbocycles. The minimum atomic E-state index is -0.260. The van der Waals surface area contributed by atoms with E-state index in [1.807, 2.05) is 6.92 Å². The first-order chi connectivity index (χ1) is 16.0. The number of pyridine rings is 1. The van der Waals surface area contributed by atoms with Gasteiger partial charge in [0.2, 0.25) is 11.8 Å². The molecule has 0 radical (unpaired) electrons. The number of aromatic nitrogens is 4. The summed E-state index contributed by atoms with van der Waals surface area (Å²) in [5.41, 5.74) is 2.22. The molecule has 0 aliphatic heterocycles. The summed E-state index contributed by atoms with van der Waals surface area (Å²) in [4.78, 5) is 33.8. The summed E-state index contributed by atoms with van der Waals surface area (Å²) in [6.07, 6.45) is 7.69. The maximum Gasteiger partial charge on any atom is 0.246 e. The van der Waals surface area contributed by atoms with E-state index < -0.39 is 0 Å². The highest BCUT2D eigenvalue weighted by atomic mass is 35.5. The van der Waals surface area contributed by atoms with Crippen LogP contribution in [0.1, 0.15) is 31.2 Å². The number of halogens is 1. The maximum absolute atomic E-state index is 12.8. The number of carbonyl (C=O) groups excluding carboxylic acids is 2. The second-order valence-electron chi connectivity index (χ2n) is 7.91. The normalized spacial score (nSPS) is 13.8. The van der Waals surface area contributed by atoms with Crippen LogP contribution in [-0.2, 0) is 16.1 Å². The summed E-state index contributed by atoms with van der Waals surface area (Å²) >= 11 is 7.43. The minimum absolute atomic E-state index is 0.0362. The van der Waals surface area contributed by atoms with Crippen molar-refractivity contribution >= 4 is 40.9 Å². The van der Waals surface area contributed by atoms with Gasteiger partial charge in [0, 0.05) is 34.7 Å². The predicted octanol–water partition coefficient (Wildman–Crippen LogP) is 4.09. The number of nitrogens with one attached hydrogen (secondary N) is 2. The van der Waals surface area contributed by atoms with E-state index in [1.54, 1.807) is 42.7 Å². The molecule has 2 N–H and O–H groups in total. The van der Waals surface area contributed by atoms with Crippen LogP contribution in [0.2, 0.25) is 5.02 Å². The first-order valence-corrected chi connectivity index (χ1v) is 12.2. The van der Waals surface area contributed by atoms with Crippen molar-refractivity contribution in [2.75, 3.05) is 11.1 Å². The molecule has 4 rings (SSSR count). The third-order valence-corrected chi connectivity index (χ3v) is 6.84. The first kappa shape index (κ1) is 23.3. The molecular weight excluding hydrogens is 460 g/mol. The Morgan fingerprint density at radius 2 is 1.91 bits per heavy atom. The van der Waals surface area contributed by atoms with E-state index >= 15 is 0 Å². The van der Waals surface area contributed by atoms with Gasteiger partial charge >= 0.3 is 0 Å². The number of benzene rings is 1. The Kier molecular flexibility index (Phi) is 7.61. The average molecular weight is 485 g/mol. The lowest BCUT2D eigenvalue weighted by Crippen LogP contribution is -2.33. The standard InChI is InChI=1S/C23H25ClN6O2S/c1-15-18(24)7-4-8-19(15)27-20(31)13-30-23(28-22(29-30)16-9-11-25-12-10-16)33-14-21(32)26-17-5-2-3-6-17/h4,7-12,17H,2-3,5-6,13-14H2,1H3,(H,26,32)(H,27,31). The smallest absolute Gasteiger partial charge is 0.246 e. The van der Waals surface area contributed by atoms with Crippen LogP contribution in [0.15, 0.2) is 47.9 Å². The number of nitrogens with zero attached hydrogens (tertiary/aromatic N) is 4. The summed E-state index contributed by atoms with van der Waals surface area (Å²) in [5.74, 6) is 0.387. The number of hydrogen-bond acceptors (Lipinski definition) is 6. The van der Waals surface area contributed by atoms with Crippen molar-refractivity contribution in [2.24, 2.45) is 0 Å². The molecule has 1 fully saturated rings. The monoisotopic (exact) mass is 484 g/mol. The summed E-state index contributed by atoms with van der Waals surface area (Å²) in [7, 11) is 0. The number of hydrogen-bond donors (Lipinski definition) is 2. The lowest BCUT2D eigenvalue weighted by Gasteiger charge is -2.12. The Balaban J connectivity index is 1.48. The van der Waals surface area contributed by atoms with E-state index in [9.17, 15) is 9.59 Å². The van der Waals surface area contributed by atoms with Crippen LogP contribution in [0.25, 0.3) is 11.4 Å². The molecule has 1 aromatic carbocycles. The molecule has 172 valence electrons. The van der Waals surface area contributed by atoms with Crippen molar-refractivity contribution in [3.05, 3.63) is 53.3 Å². The molecule has 0 bridgehead atoms. The van der Waals surface area contributed by atoms with Gasteiger partial charge in [0.05, 0.1) is 5.75 Å². The van der Waals surface area contributed by atoms with Gasteiger partial charge in [0.1, 0.15) is 6.54 Å². The fourth-order valence-corrected chi connectivity index (χ4v) is 4.62. The lowest BCUT2D eigenvalue weighted by molar-refractivity contribution is -0.119. The summed E-state index contributed by atoms with van der Waals surface area (Å²) in [5, 5.41) is 11.6. The lowest BCUT2D eigenvalue weighted by atomic mass is 10.2. The minimum Gasteiger partial charge on any atom is -0.353 e. The van der Waals surface area contributed by atoms with E-state index in [0.29, 0.717) is 21.7 Å². The van der Waals surface area contributed by atoms with Gasteiger partial charge in [0.25, 0.3) is 0 Å². The number of carbonyl (C=O) groups is 2. The summed E-state index contributed by atoms with van der Waals surface area (Å²) < 4.78 is 1.53.